The summed E-state index contributed by atoms with van der Waals surface area (Å²) >= 11 is 0. The van der Waals surface area contributed by atoms with Crippen molar-refractivity contribution in [1.82, 2.24) is 4.90 Å². The molecular weight excluding hydrogens is 210 g/mol. The van der Waals surface area contributed by atoms with E-state index in [0.29, 0.717) is 0 Å². The maximum atomic E-state index is 10.9. The molecule has 2 atom stereocenters. The molecule has 2 heteroatoms. The lowest BCUT2D eigenvalue weighted by Gasteiger charge is -2.26. The summed E-state index contributed by atoms with van der Waals surface area (Å²) in [6, 6.07) is 7.95. The third-order valence-corrected chi connectivity index (χ3v) is 4.26. The Hall–Kier alpha value is -1.15. The standard InChI is InChI=1S/C15H19NO/c17-11-14-4-2-1-3-12(14)5-7-16-8-6-13-9-15(13)10-16/h1-4,11,13,15H,5-10H2. The van der Waals surface area contributed by atoms with Gasteiger partial charge in [0.25, 0.3) is 0 Å². The Balaban J connectivity index is 1.57. The Morgan fingerprint density at radius 2 is 2.18 bits per heavy atom. The predicted molar refractivity (Wildman–Crippen MR) is 68.2 cm³/mol. The molecule has 2 aliphatic rings. The zero-order valence-corrected chi connectivity index (χ0v) is 10.1. The van der Waals surface area contributed by atoms with Crippen molar-refractivity contribution in [2.24, 2.45) is 11.8 Å². The van der Waals surface area contributed by atoms with E-state index >= 15 is 0 Å². The van der Waals surface area contributed by atoms with Crippen LogP contribution in [0.3, 0.4) is 0 Å². The van der Waals surface area contributed by atoms with Gasteiger partial charge in [0.05, 0.1) is 0 Å². The van der Waals surface area contributed by atoms with Crippen LogP contribution in [0, 0.1) is 11.8 Å². The van der Waals surface area contributed by atoms with Gasteiger partial charge in [-0.1, -0.05) is 24.3 Å². The van der Waals surface area contributed by atoms with Crippen molar-refractivity contribution in [3.8, 4) is 0 Å². The molecule has 0 N–H and O–H groups in total. The number of carbonyl (C=O) groups excluding carboxylic acids is 1. The largest absolute Gasteiger partial charge is 0.303 e. The highest BCUT2D eigenvalue weighted by Gasteiger charge is 2.40. The van der Waals surface area contributed by atoms with E-state index in [2.05, 4.69) is 11.0 Å². The number of hydrogen-bond acceptors (Lipinski definition) is 2. The third kappa shape index (κ3) is 2.42. The van der Waals surface area contributed by atoms with Gasteiger partial charge in [-0.15, -0.1) is 0 Å². The number of nitrogens with zero attached hydrogens (tertiary/aromatic N) is 1. The number of aldehydes is 1. The molecule has 1 saturated heterocycles. The predicted octanol–water partition coefficient (Wildman–Crippen LogP) is 2.38. The Bertz CT molecular complexity index is 415. The van der Waals surface area contributed by atoms with Gasteiger partial charge < -0.3 is 4.90 Å². The van der Waals surface area contributed by atoms with E-state index in [4.69, 9.17) is 0 Å². The summed E-state index contributed by atoms with van der Waals surface area (Å²) in [5, 5.41) is 0. The number of fused-ring (bicyclic) bond motifs is 1. The van der Waals surface area contributed by atoms with Gasteiger partial charge in [0, 0.05) is 18.7 Å². The number of benzene rings is 1. The second-order valence-electron chi connectivity index (χ2n) is 5.41. The Morgan fingerprint density at radius 1 is 1.29 bits per heavy atom. The van der Waals surface area contributed by atoms with Crippen molar-refractivity contribution >= 4 is 6.29 Å². The Morgan fingerprint density at radius 3 is 3.00 bits per heavy atom. The average Bonchev–Trinajstić information content (AvgIpc) is 3.15. The summed E-state index contributed by atoms with van der Waals surface area (Å²) in [6.45, 7) is 3.65. The molecule has 0 radical (unpaired) electrons. The lowest BCUT2D eigenvalue weighted by Crippen LogP contribution is -2.33. The fourth-order valence-corrected chi connectivity index (χ4v) is 3.02. The van der Waals surface area contributed by atoms with Crippen LogP contribution in [0.15, 0.2) is 24.3 Å². The van der Waals surface area contributed by atoms with Crippen LogP contribution >= 0.6 is 0 Å². The summed E-state index contributed by atoms with van der Waals surface area (Å²) in [4.78, 5) is 13.5. The number of hydrogen-bond donors (Lipinski definition) is 0. The smallest absolute Gasteiger partial charge is 0.150 e. The van der Waals surface area contributed by atoms with E-state index in [-0.39, 0.29) is 0 Å². The van der Waals surface area contributed by atoms with Crippen molar-refractivity contribution in [2.75, 3.05) is 19.6 Å². The highest BCUT2D eigenvalue weighted by Crippen LogP contribution is 2.44. The van der Waals surface area contributed by atoms with Crippen LogP contribution in [0.4, 0.5) is 0 Å². The van der Waals surface area contributed by atoms with Gasteiger partial charge in [0.2, 0.25) is 0 Å². The Kier molecular flexibility index (Phi) is 2.98. The molecule has 3 rings (SSSR count). The van der Waals surface area contributed by atoms with E-state index in [0.717, 1.165) is 36.7 Å². The van der Waals surface area contributed by atoms with Gasteiger partial charge in [0.1, 0.15) is 6.29 Å². The lowest BCUT2D eigenvalue weighted by molar-refractivity contribution is 0.112. The monoisotopic (exact) mass is 229 g/mol. The fourth-order valence-electron chi connectivity index (χ4n) is 3.02. The van der Waals surface area contributed by atoms with Gasteiger partial charge in [-0.3, -0.25) is 4.79 Å². The van der Waals surface area contributed by atoms with E-state index in [1.807, 2.05) is 18.2 Å². The van der Waals surface area contributed by atoms with Crippen LogP contribution < -0.4 is 0 Å². The maximum absolute atomic E-state index is 10.9. The van der Waals surface area contributed by atoms with Crippen molar-refractivity contribution in [1.29, 1.82) is 0 Å². The third-order valence-electron chi connectivity index (χ3n) is 4.26. The first-order valence-corrected chi connectivity index (χ1v) is 6.62. The minimum Gasteiger partial charge on any atom is -0.303 e. The topological polar surface area (TPSA) is 20.3 Å². The van der Waals surface area contributed by atoms with Gasteiger partial charge in [-0.2, -0.15) is 0 Å². The fraction of sp³-hybridized carbons (Fsp3) is 0.533. The van der Waals surface area contributed by atoms with Crippen LogP contribution in [0.2, 0.25) is 0 Å². The van der Waals surface area contributed by atoms with Crippen molar-refractivity contribution in [3.05, 3.63) is 35.4 Å². The van der Waals surface area contributed by atoms with Crippen molar-refractivity contribution in [2.45, 2.75) is 19.3 Å². The molecule has 17 heavy (non-hydrogen) atoms. The van der Waals surface area contributed by atoms with Crippen molar-refractivity contribution < 1.29 is 4.79 Å². The van der Waals surface area contributed by atoms with E-state index in [1.54, 1.807) is 0 Å². The van der Waals surface area contributed by atoms with E-state index in [1.165, 1.54) is 31.5 Å². The zero-order valence-electron chi connectivity index (χ0n) is 10.1. The Labute approximate surface area is 103 Å². The summed E-state index contributed by atoms with van der Waals surface area (Å²) < 4.78 is 0. The number of rotatable bonds is 4. The first-order chi connectivity index (χ1) is 8.36. The average molecular weight is 229 g/mol. The summed E-state index contributed by atoms with van der Waals surface area (Å²) in [6.07, 6.45) is 4.83. The van der Waals surface area contributed by atoms with E-state index < -0.39 is 0 Å². The molecule has 0 amide bonds. The quantitative estimate of drug-likeness (QED) is 0.739. The minimum atomic E-state index is 0.855. The molecular formula is C15H19NO. The second kappa shape index (κ2) is 4.61. The molecule has 1 aromatic rings. The molecule has 0 bridgehead atoms. The normalized spacial score (nSPS) is 27.5. The minimum absolute atomic E-state index is 0.855. The van der Waals surface area contributed by atoms with Gasteiger partial charge >= 0.3 is 0 Å². The number of likely N-dealkylation sites (tertiary alicyclic amines) is 1. The summed E-state index contributed by atoms with van der Waals surface area (Å²) in [5.74, 6) is 2.04. The molecule has 0 aromatic heterocycles. The summed E-state index contributed by atoms with van der Waals surface area (Å²) in [7, 11) is 0. The van der Waals surface area contributed by atoms with Crippen molar-refractivity contribution in [3.63, 3.8) is 0 Å². The molecule has 0 spiro atoms. The van der Waals surface area contributed by atoms with Gasteiger partial charge in [-0.05, 0) is 43.2 Å². The van der Waals surface area contributed by atoms with Gasteiger partial charge in [0.15, 0.2) is 0 Å². The number of carbonyl (C=O) groups is 1. The lowest BCUT2D eigenvalue weighted by atomic mass is 10.0. The second-order valence-corrected chi connectivity index (χ2v) is 5.41. The molecule has 90 valence electrons. The zero-order chi connectivity index (χ0) is 11.7. The first-order valence-electron chi connectivity index (χ1n) is 6.62. The molecule has 2 fully saturated rings. The maximum Gasteiger partial charge on any atom is 0.150 e. The SMILES string of the molecule is O=Cc1ccccc1CCN1CCC2CC2C1. The molecule has 2 nitrogen and oxygen atoms in total. The highest BCUT2D eigenvalue weighted by molar-refractivity contribution is 5.77. The first kappa shape index (κ1) is 11.0. The van der Waals surface area contributed by atoms with E-state index in [9.17, 15) is 4.79 Å². The number of piperidine rings is 1. The van der Waals surface area contributed by atoms with Crippen LogP contribution in [0.5, 0.6) is 0 Å². The van der Waals surface area contributed by atoms with Gasteiger partial charge in [-0.25, -0.2) is 0 Å². The van der Waals surface area contributed by atoms with Crippen LogP contribution in [-0.4, -0.2) is 30.8 Å². The van der Waals surface area contributed by atoms with Crippen LogP contribution in [0.1, 0.15) is 28.8 Å². The van der Waals surface area contributed by atoms with Crippen LogP contribution in [0.25, 0.3) is 0 Å². The molecule has 1 aliphatic carbocycles. The molecule has 1 heterocycles. The molecule has 1 saturated carbocycles. The molecule has 2 unspecified atom stereocenters. The molecule has 1 aromatic carbocycles. The van der Waals surface area contributed by atoms with Crippen LogP contribution in [-0.2, 0) is 6.42 Å². The summed E-state index contributed by atoms with van der Waals surface area (Å²) in [5.41, 5.74) is 2.05. The molecule has 1 aliphatic heterocycles. The highest BCUT2D eigenvalue weighted by atomic mass is 16.1.